The quantitative estimate of drug-likeness (QED) is 0.778. The molecule has 0 atom stereocenters. The van der Waals surface area contributed by atoms with Gasteiger partial charge in [-0.05, 0) is 25.1 Å². The van der Waals surface area contributed by atoms with Crippen molar-refractivity contribution in [2.24, 2.45) is 0 Å². The molecule has 0 radical (unpaired) electrons. The third kappa shape index (κ3) is 4.15. The number of carbonyl (C=O) groups is 1. The van der Waals surface area contributed by atoms with E-state index in [1.54, 1.807) is 6.92 Å². The summed E-state index contributed by atoms with van der Waals surface area (Å²) in [6.07, 6.45) is 1.06. The van der Waals surface area contributed by atoms with Crippen LogP contribution in [0.5, 0.6) is 11.5 Å². The fourth-order valence-corrected chi connectivity index (χ4v) is 1.89. The van der Waals surface area contributed by atoms with Gasteiger partial charge < -0.3 is 14.8 Å². The maximum absolute atomic E-state index is 12.7. The second-order valence-corrected chi connectivity index (χ2v) is 4.37. The molecule has 0 aliphatic carbocycles. The van der Waals surface area contributed by atoms with Gasteiger partial charge in [-0.1, -0.05) is 0 Å². The van der Waals surface area contributed by atoms with Gasteiger partial charge in [0.25, 0.3) is 5.91 Å². The minimum Gasteiger partial charge on any atom is -0.490 e. The van der Waals surface area contributed by atoms with Gasteiger partial charge in [0.05, 0.1) is 6.61 Å². The molecule has 0 aliphatic rings. The molecular weight excluding hydrogens is 334 g/mol. The van der Waals surface area contributed by atoms with Crippen molar-refractivity contribution in [1.82, 2.24) is 9.78 Å². The Kier molecular flexibility index (Phi) is 5.61. The Balaban J connectivity index is 2.21. The van der Waals surface area contributed by atoms with Gasteiger partial charge in [-0.3, -0.25) is 4.79 Å². The molecule has 0 aliphatic heterocycles. The van der Waals surface area contributed by atoms with Gasteiger partial charge in [0.15, 0.2) is 11.5 Å². The molecule has 1 aromatic carbocycles. The van der Waals surface area contributed by atoms with E-state index in [1.165, 1.54) is 18.2 Å². The van der Waals surface area contributed by atoms with E-state index in [9.17, 15) is 22.4 Å². The molecule has 0 fully saturated rings. The predicted molar refractivity (Wildman–Crippen MR) is 75.7 cm³/mol. The number of halogens is 4. The number of anilines is 1. The molecule has 0 saturated heterocycles. The van der Waals surface area contributed by atoms with Gasteiger partial charge in [-0.2, -0.15) is 27.3 Å². The van der Waals surface area contributed by atoms with Gasteiger partial charge in [0.1, 0.15) is 5.69 Å². The van der Waals surface area contributed by atoms with E-state index in [4.69, 9.17) is 4.74 Å². The number of aromatic nitrogens is 2. The normalized spacial score (nSPS) is 11.0. The zero-order valence-corrected chi connectivity index (χ0v) is 12.4. The molecule has 2 rings (SSSR count). The van der Waals surface area contributed by atoms with Crippen molar-refractivity contribution in [3.8, 4) is 11.5 Å². The highest BCUT2D eigenvalue weighted by molar-refractivity contribution is 6.03. The molecule has 0 bridgehead atoms. The Hall–Kier alpha value is -2.78. The minimum atomic E-state index is -3.04. The molecule has 1 amide bonds. The monoisotopic (exact) mass is 347 g/mol. The smallest absolute Gasteiger partial charge is 0.387 e. The lowest BCUT2D eigenvalue weighted by Crippen LogP contribution is -2.18. The standard InChI is InChI=1S/C14H13F4N3O3/c1-2-23-11-7-8(3-4-10(11)24-14(17)18)20-12(22)9-5-6-19-21(9)13(15)16/h3-7,13-14H,2H2,1H3,(H,20,22). The van der Waals surface area contributed by atoms with Crippen LogP contribution in [0.15, 0.2) is 30.5 Å². The topological polar surface area (TPSA) is 65.4 Å². The molecule has 0 unspecified atom stereocenters. The highest BCUT2D eigenvalue weighted by Gasteiger charge is 2.19. The lowest BCUT2D eigenvalue weighted by molar-refractivity contribution is -0.0514. The molecule has 1 N–H and O–H groups in total. The summed E-state index contributed by atoms with van der Waals surface area (Å²) in [5.41, 5.74) is -0.192. The molecular formula is C14H13F4N3O3. The molecule has 24 heavy (non-hydrogen) atoms. The van der Waals surface area contributed by atoms with Crippen LogP contribution >= 0.6 is 0 Å². The van der Waals surface area contributed by atoms with Crippen LogP contribution in [0, 0.1) is 0 Å². The Labute approximate surface area is 134 Å². The second kappa shape index (κ2) is 7.66. The number of nitrogens with zero attached hydrogens (tertiary/aromatic N) is 2. The molecule has 1 aromatic heterocycles. The van der Waals surface area contributed by atoms with E-state index in [0.29, 0.717) is 0 Å². The van der Waals surface area contributed by atoms with Crippen LogP contribution in [-0.2, 0) is 0 Å². The van der Waals surface area contributed by atoms with E-state index in [1.807, 2.05) is 0 Å². The van der Waals surface area contributed by atoms with Crippen LogP contribution in [0.4, 0.5) is 23.2 Å². The zero-order chi connectivity index (χ0) is 17.7. The summed E-state index contributed by atoms with van der Waals surface area (Å²) in [4.78, 5) is 12.0. The molecule has 6 nitrogen and oxygen atoms in total. The summed E-state index contributed by atoms with van der Waals surface area (Å²) in [6, 6.07) is 4.83. The fraction of sp³-hybridized carbons (Fsp3) is 0.286. The van der Waals surface area contributed by atoms with Crippen molar-refractivity contribution in [1.29, 1.82) is 0 Å². The van der Waals surface area contributed by atoms with E-state index >= 15 is 0 Å². The van der Waals surface area contributed by atoms with Crippen molar-refractivity contribution < 1.29 is 31.8 Å². The summed E-state index contributed by atoms with van der Waals surface area (Å²) in [7, 11) is 0. The first-order valence-corrected chi connectivity index (χ1v) is 6.77. The number of rotatable bonds is 7. The summed E-state index contributed by atoms with van der Waals surface area (Å²) in [6.45, 7) is -4.19. The largest absolute Gasteiger partial charge is 0.490 e. The zero-order valence-electron chi connectivity index (χ0n) is 12.4. The summed E-state index contributed by atoms with van der Waals surface area (Å²) in [5.74, 6) is -1.06. The van der Waals surface area contributed by atoms with Gasteiger partial charge in [0, 0.05) is 18.0 Å². The van der Waals surface area contributed by atoms with Crippen LogP contribution in [0.3, 0.4) is 0 Å². The van der Waals surface area contributed by atoms with E-state index in [2.05, 4.69) is 15.2 Å². The van der Waals surface area contributed by atoms with Gasteiger partial charge in [-0.15, -0.1) is 0 Å². The average molecular weight is 347 g/mol. The number of benzene rings is 1. The van der Waals surface area contributed by atoms with Crippen molar-refractivity contribution in [3.05, 3.63) is 36.2 Å². The van der Waals surface area contributed by atoms with Crippen LogP contribution in [-0.4, -0.2) is 28.9 Å². The summed E-state index contributed by atoms with van der Waals surface area (Å²) in [5, 5.41) is 5.71. The lowest BCUT2D eigenvalue weighted by atomic mass is 10.2. The van der Waals surface area contributed by atoms with Crippen LogP contribution in [0.1, 0.15) is 24.0 Å². The maximum atomic E-state index is 12.7. The van der Waals surface area contributed by atoms with Crippen LogP contribution in [0.25, 0.3) is 0 Å². The van der Waals surface area contributed by atoms with Gasteiger partial charge in [0.2, 0.25) is 0 Å². The van der Waals surface area contributed by atoms with E-state index < -0.39 is 19.1 Å². The number of ether oxygens (including phenoxy) is 2. The van der Waals surface area contributed by atoms with Crippen molar-refractivity contribution in [2.75, 3.05) is 11.9 Å². The first kappa shape index (κ1) is 17.6. The van der Waals surface area contributed by atoms with Crippen LogP contribution in [0.2, 0.25) is 0 Å². The summed E-state index contributed by atoms with van der Waals surface area (Å²) < 4.78 is 59.8. The first-order chi connectivity index (χ1) is 11.4. The highest BCUT2D eigenvalue weighted by atomic mass is 19.3. The summed E-state index contributed by atoms with van der Waals surface area (Å²) >= 11 is 0. The molecule has 0 saturated carbocycles. The lowest BCUT2D eigenvalue weighted by Gasteiger charge is -2.13. The Morgan fingerprint density at radius 2 is 2.00 bits per heavy atom. The molecule has 10 heteroatoms. The second-order valence-electron chi connectivity index (χ2n) is 4.37. The Morgan fingerprint density at radius 1 is 1.25 bits per heavy atom. The number of hydrogen-bond donors (Lipinski definition) is 1. The average Bonchev–Trinajstić information content (AvgIpc) is 2.99. The highest BCUT2D eigenvalue weighted by Crippen LogP contribution is 2.32. The van der Waals surface area contributed by atoms with Crippen molar-refractivity contribution in [2.45, 2.75) is 20.1 Å². The van der Waals surface area contributed by atoms with Crippen molar-refractivity contribution in [3.63, 3.8) is 0 Å². The van der Waals surface area contributed by atoms with E-state index in [0.717, 1.165) is 12.3 Å². The molecule has 0 spiro atoms. The SMILES string of the molecule is CCOc1cc(NC(=O)c2ccnn2C(F)F)ccc1OC(F)F. The molecule has 130 valence electrons. The molecule has 2 aromatic rings. The number of nitrogens with one attached hydrogen (secondary N) is 1. The van der Waals surface area contributed by atoms with Gasteiger partial charge in [-0.25, -0.2) is 0 Å². The van der Waals surface area contributed by atoms with Gasteiger partial charge >= 0.3 is 13.2 Å². The number of carbonyl (C=O) groups excluding carboxylic acids is 1. The number of hydrogen-bond acceptors (Lipinski definition) is 4. The number of alkyl halides is 4. The fourth-order valence-electron chi connectivity index (χ4n) is 1.89. The maximum Gasteiger partial charge on any atom is 0.387 e. The molecule has 1 heterocycles. The van der Waals surface area contributed by atoms with Crippen molar-refractivity contribution >= 4 is 11.6 Å². The van der Waals surface area contributed by atoms with Crippen LogP contribution < -0.4 is 14.8 Å². The first-order valence-electron chi connectivity index (χ1n) is 6.77. The third-order valence-electron chi connectivity index (χ3n) is 2.81. The predicted octanol–water partition coefficient (Wildman–Crippen LogP) is 3.53. The van der Waals surface area contributed by atoms with E-state index in [-0.39, 0.29) is 34.2 Å². The minimum absolute atomic E-state index is 0.0158. The Morgan fingerprint density at radius 3 is 2.62 bits per heavy atom. The Bertz CT molecular complexity index is 706. The third-order valence-corrected chi connectivity index (χ3v) is 2.81. The number of amides is 1.